The third-order valence-electron chi connectivity index (χ3n) is 4.26. The van der Waals surface area contributed by atoms with Crippen LogP contribution in [0.5, 0.6) is 11.5 Å². The summed E-state index contributed by atoms with van der Waals surface area (Å²) in [4.78, 5) is 11.7. The molecule has 1 unspecified atom stereocenters. The number of hydrogen-bond donors (Lipinski definition) is 2. The van der Waals surface area contributed by atoms with E-state index in [-0.39, 0.29) is 29.4 Å². The van der Waals surface area contributed by atoms with Crippen molar-refractivity contribution in [3.05, 3.63) is 54.1 Å². The molecular formula is C18H17F3N2O5S. The summed E-state index contributed by atoms with van der Waals surface area (Å²) in [5.41, 5.74) is -0.809. The van der Waals surface area contributed by atoms with E-state index < -0.39 is 33.7 Å². The van der Waals surface area contributed by atoms with E-state index in [9.17, 15) is 31.6 Å². The molecule has 0 radical (unpaired) electrons. The van der Waals surface area contributed by atoms with Gasteiger partial charge in [0, 0.05) is 6.54 Å². The summed E-state index contributed by atoms with van der Waals surface area (Å²) in [7, 11) is -4.02. The summed E-state index contributed by atoms with van der Waals surface area (Å²) in [6.45, 7) is 0.146. The Bertz CT molecular complexity index is 976. The van der Waals surface area contributed by atoms with Crippen LogP contribution in [0.25, 0.3) is 0 Å². The van der Waals surface area contributed by atoms with Gasteiger partial charge in [-0.2, -0.15) is 17.9 Å². The standard InChI is InChI=1S/C18H17F3N2O5S/c19-18(20,21)12-3-5-13(6-4-12)28-14-7-9-15(10-8-14)29(26,27)22-16-2-1-11-23(25)17(16)24/h3-10,16,22,25H,1-2,11H2. The van der Waals surface area contributed by atoms with Crippen LogP contribution in [0.1, 0.15) is 18.4 Å². The molecule has 0 bridgehead atoms. The van der Waals surface area contributed by atoms with Crippen LogP contribution < -0.4 is 9.46 Å². The summed E-state index contributed by atoms with van der Waals surface area (Å²) < 4.78 is 70.3. The average molecular weight is 430 g/mol. The van der Waals surface area contributed by atoms with E-state index in [0.29, 0.717) is 11.5 Å². The fourth-order valence-corrected chi connectivity index (χ4v) is 3.98. The van der Waals surface area contributed by atoms with Crippen molar-refractivity contribution in [3.63, 3.8) is 0 Å². The number of hydrogen-bond acceptors (Lipinski definition) is 5. The highest BCUT2D eigenvalue weighted by molar-refractivity contribution is 7.89. The maximum atomic E-state index is 12.6. The van der Waals surface area contributed by atoms with Gasteiger partial charge < -0.3 is 4.74 Å². The number of carbonyl (C=O) groups is 1. The van der Waals surface area contributed by atoms with Gasteiger partial charge >= 0.3 is 6.18 Å². The molecule has 0 saturated carbocycles. The van der Waals surface area contributed by atoms with Crippen LogP contribution >= 0.6 is 0 Å². The first-order chi connectivity index (χ1) is 13.6. The van der Waals surface area contributed by atoms with Gasteiger partial charge in [0.25, 0.3) is 5.91 Å². The molecule has 156 valence electrons. The lowest BCUT2D eigenvalue weighted by molar-refractivity contribution is -0.172. The predicted molar refractivity (Wildman–Crippen MR) is 94.8 cm³/mol. The fourth-order valence-electron chi connectivity index (χ4n) is 2.76. The predicted octanol–water partition coefficient (Wildman–Crippen LogP) is 3.16. The van der Waals surface area contributed by atoms with Crippen LogP contribution in [0.15, 0.2) is 53.4 Å². The number of carbonyl (C=O) groups excluding carboxylic acids is 1. The number of sulfonamides is 1. The van der Waals surface area contributed by atoms with Gasteiger partial charge in [0.15, 0.2) is 0 Å². The lowest BCUT2D eigenvalue weighted by atomic mass is 10.1. The summed E-state index contributed by atoms with van der Waals surface area (Å²) in [5, 5.41) is 9.91. The monoisotopic (exact) mass is 430 g/mol. The Balaban J connectivity index is 1.68. The number of nitrogens with one attached hydrogen (secondary N) is 1. The van der Waals surface area contributed by atoms with Gasteiger partial charge in [0.05, 0.1) is 10.5 Å². The number of nitrogens with zero attached hydrogens (tertiary/aromatic N) is 1. The van der Waals surface area contributed by atoms with Crippen molar-refractivity contribution in [1.82, 2.24) is 9.79 Å². The van der Waals surface area contributed by atoms with Gasteiger partial charge in [0.1, 0.15) is 17.5 Å². The normalized spacial score (nSPS) is 18.0. The highest BCUT2D eigenvalue weighted by atomic mass is 32.2. The second kappa shape index (κ2) is 8.01. The van der Waals surface area contributed by atoms with Crippen LogP contribution in [0.3, 0.4) is 0 Å². The second-order valence-electron chi connectivity index (χ2n) is 6.37. The van der Waals surface area contributed by atoms with Crippen LogP contribution in [-0.4, -0.2) is 37.2 Å². The van der Waals surface area contributed by atoms with E-state index in [1.54, 1.807) is 0 Å². The number of amides is 1. The molecule has 2 aromatic rings. The van der Waals surface area contributed by atoms with Gasteiger partial charge in [-0.3, -0.25) is 10.0 Å². The minimum atomic E-state index is -4.45. The molecule has 1 atom stereocenters. The van der Waals surface area contributed by atoms with Gasteiger partial charge in [-0.15, -0.1) is 0 Å². The highest BCUT2D eigenvalue weighted by Gasteiger charge is 2.32. The molecule has 3 rings (SSSR count). The zero-order valence-corrected chi connectivity index (χ0v) is 15.7. The fraction of sp³-hybridized carbons (Fsp3) is 0.278. The summed E-state index contributed by atoms with van der Waals surface area (Å²) >= 11 is 0. The number of alkyl halides is 3. The van der Waals surface area contributed by atoms with Crippen molar-refractivity contribution in [1.29, 1.82) is 0 Å². The molecule has 2 aromatic carbocycles. The Morgan fingerprint density at radius 1 is 1.03 bits per heavy atom. The molecule has 1 heterocycles. The van der Waals surface area contributed by atoms with Gasteiger partial charge in [-0.25, -0.2) is 13.5 Å². The first kappa shape index (κ1) is 21.1. The van der Waals surface area contributed by atoms with E-state index in [2.05, 4.69) is 4.72 Å². The summed E-state index contributed by atoms with van der Waals surface area (Å²) in [5.74, 6) is -0.344. The molecule has 1 amide bonds. The maximum absolute atomic E-state index is 12.6. The molecule has 2 N–H and O–H groups in total. The van der Waals surface area contributed by atoms with Crippen molar-refractivity contribution in [3.8, 4) is 11.5 Å². The number of piperidine rings is 1. The number of benzene rings is 2. The molecule has 1 aliphatic heterocycles. The SMILES string of the molecule is O=C1C(NS(=O)(=O)c2ccc(Oc3ccc(C(F)(F)F)cc3)cc2)CCCN1O. The van der Waals surface area contributed by atoms with Crippen LogP contribution in [-0.2, 0) is 21.0 Å². The van der Waals surface area contributed by atoms with Crippen LogP contribution in [0.2, 0.25) is 0 Å². The third kappa shape index (κ3) is 5.05. The maximum Gasteiger partial charge on any atom is 0.416 e. The number of ether oxygens (including phenoxy) is 1. The first-order valence-electron chi connectivity index (χ1n) is 8.54. The van der Waals surface area contributed by atoms with E-state index >= 15 is 0 Å². The van der Waals surface area contributed by atoms with E-state index in [4.69, 9.17) is 4.74 Å². The van der Waals surface area contributed by atoms with E-state index in [1.165, 1.54) is 24.3 Å². The minimum absolute atomic E-state index is 0.125. The van der Waals surface area contributed by atoms with Gasteiger partial charge in [0.2, 0.25) is 10.0 Å². The van der Waals surface area contributed by atoms with Gasteiger partial charge in [-0.1, -0.05) is 0 Å². The smallest absolute Gasteiger partial charge is 0.416 e. The quantitative estimate of drug-likeness (QED) is 0.711. The first-order valence-corrected chi connectivity index (χ1v) is 10.0. The molecule has 29 heavy (non-hydrogen) atoms. The molecule has 11 heteroatoms. The molecule has 7 nitrogen and oxygen atoms in total. The zero-order valence-electron chi connectivity index (χ0n) is 14.9. The van der Waals surface area contributed by atoms with Crippen molar-refractivity contribution in [2.24, 2.45) is 0 Å². The van der Waals surface area contributed by atoms with Crippen molar-refractivity contribution in [2.75, 3.05) is 6.54 Å². The topological polar surface area (TPSA) is 95.9 Å². The lowest BCUT2D eigenvalue weighted by Crippen LogP contribution is -2.50. The number of rotatable bonds is 5. The molecule has 1 fully saturated rings. The Kier molecular flexibility index (Phi) is 5.82. The Labute approximate surface area is 164 Å². The Hall–Kier alpha value is -2.63. The molecule has 0 aliphatic carbocycles. The molecule has 0 spiro atoms. The van der Waals surface area contributed by atoms with Crippen molar-refractivity contribution >= 4 is 15.9 Å². The van der Waals surface area contributed by atoms with Crippen molar-refractivity contribution < 1.29 is 36.3 Å². The molecule has 1 saturated heterocycles. The number of hydroxylamine groups is 2. The highest BCUT2D eigenvalue weighted by Crippen LogP contribution is 2.31. The van der Waals surface area contributed by atoms with Crippen LogP contribution in [0.4, 0.5) is 13.2 Å². The largest absolute Gasteiger partial charge is 0.457 e. The molecule has 1 aliphatic rings. The zero-order chi connectivity index (χ0) is 21.2. The Morgan fingerprint density at radius 2 is 1.59 bits per heavy atom. The molecule has 0 aromatic heterocycles. The van der Waals surface area contributed by atoms with Gasteiger partial charge in [-0.05, 0) is 61.4 Å². The second-order valence-corrected chi connectivity index (χ2v) is 8.09. The summed E-state index contributed by atoms with van der Waals surface area (Å²) in [6.07, 6.45) is -3.73. The third-order valence-corrected chi connectivity index (χ3v) is 5.75. The van der Waals surface area contributed by atoms with E-state index in [1.807, 2.05) is 0 Å². The number of halogens is 3. The minimum Gasteiger partial charge on any atom is -0.457 e. The molecular weight excluding hydrogens is 413 g/mol. The van der Waals surface area contributed by atoms with Crippen LogP contribution in [0, 0.1) is 0 Å². The lowest BCUT2D eigenvalue weighted by Gasteiger charge is -2.27. The van der Waals surface area contributed by atoms with E-state index in [0.717, 1.165) is 24.3 Å². The average Bonchev–Trinajstić information content (AvgIpc) is 2.65. The Morgan fingerprint density at radius 3 is 2.14 bits per heavy atom. The van der Waals surface area contributed by atoms with Crippen molar-refractivity contribution in [2.45, 2.75) is 30.0 Å². The summed E-state index contributed by atoms with van der Waals surface area (Å²) in [6, 6.07) is 8.18.